The minimum Gasteiger partial charge on any atom is -0.348 e. The number of nitrogens with one attached hydrogen (secondary N) is 1. The topological polar surface area (TPSA) is 72.7 Å². The van der Waals surface area contributed by atoms with Gasteiger partial charge in [0.2, 0.25) is 5.91 Å². The van der Waals surface area contributed by atoms with E-state index in [-0.39, 0.29) is 11.9 Å². The summed E-state index contributed by atoms with van der Waals surface area (Å²) in [6.07, 6.45) is 4.88. The van der Waals surface area contributed by atoms with Crippen LogP contribution in [0, 0.1) is 20.8 Å². The molecular weight excluding hydrogens is 390 g/mol. The highest BCUT2D eigenvalue weighted by molar-refractivity contribution is 8.01. The van der Waals surface area contributed by atoms with Gasteiger partial charge in [-0.15, -0.1) is 10.2 Å². The Morgan fingerprint density at radius 1 is 1.32 bits per heavy atom. The number of rotatable bonds is 5. The molecule has 1 aliphatic rings. The van der Waals surface area contributed by atoms with E-state index < -0.39 is 0 Å². The van der Waals surface area contributed by atoms with E-state index in [0.717, 1.165) is 39.9 Å². The van der Waals surface area contributed by atoms with Crippen LogP contribution >= 0.6 is 23.1 Å². The van der Waals surface area contributed by atoms with Crippen molar-refractivity contribution in [2.75, 3.05) is 5.75 Å². The fourth-order valence-corrected chi connectivity index (χ4v) is 5.21. The van der Waals surface area contributed by atoms with Gasteiger partial charge in [0.1, 0.15) is 5.01 Å². The van der Waals surface area contributed by atoms with Crippen molar-refractivity contribution >= 4 is 29.0 Å². The second-order valence-corrected chi connectivity index (χ2v) is 9.47. The number of aryl methyl sites for hydroxylation is 2. The molecule has 1 aromatic carbocycles. The lowest BCUT2D eigenvalue weighted by Crippen LogP contribution is -2.32. The summed E-state index contributed by atoms with van der Waals surface area (Å²) in [7, 11) is 0. The highest BCUT2D eigenvalue weighted by Crippen LogP contribution is 2.32. The van der Waals surface area contributed by atoms with Gasteiger partial charge in [0, 0.05) is 11.3 Å². The minimum atomic E-state index is 0.0203. The summed E-state index contributed by atoms with van der Waals surface area (Å²) in [5.74, 6) is 0.376. The van der Waals surface area contributed by atoms with E-state index in [1.54, 1.807) is 0 Å². The molecule has 3 aromatic rings. The van der Waals surface area contributed by atoms with Crippen LogP contribution in [0.25, 0.3) is 5.69 Å². The molecule has 0 radical (unpaired) electrons. The van der Waals surface area contributed by atoms with Crippen molar-refractivity contribution in [2.45, 2.75) is 50.4 Å². The fraction of sp³-hybridized carbons (Fsp3) is 0.400. The summed E-state index contributed by atoms with van der Waals surface area (Å²) in [5.41, 5.74) is 5.96. The molecular formula is C20H23N5OS2. The van der Waals surface area contributed by atoms with Gasteiger partial charge in [0.05, 0.1) is 23.7 Å². The van der Waals surface area contributed by atoms with Crippen molar-refractivity contribution in [1.29, 1.82) is 0 Å². The lowest BCUT2D eigenvalue weighted by molar-refractivity contribution is -0.119. The molecule has 0 bridgehead atoms. The van der Waals surface area contributed by atoms with E-state index in [2.05, 4.69) is 57.3 Å². The van der Waals surface area contributed by atoms with Crippen LogP contribution in [-0.4, -0.2) is 31.6 Å². The van der Waals surface area contributed by atoms with Gasteiger partial charge in [-0.1, -0.05) is 35.2 Å². The van der Waals surface area contributed by atoms with E-state index in [0.29, 0.717) is 5.75 Å². The molecule has 0 saturated carbocycles. The van der Waals surface area contributed by atoms with Gasteiger partial charge in [-0.3, -0.25) is 4.79 Å². The lowest BCUT2D eigenvalue weighted by atomic mass is 9.92. The third kappa shape index (κ3) is 3.84. The number of fused-ring (bicyclic) bond motifs is 1. The Bertz CT molecular complexity index is 1010. The van der Waals surface area contributed by atoms with Crippen molar-refractivity contribution in [1.82, 2.24) is 25.3 Å². The number of thioether (sulfide) groups is 1. The quantitative estimate of drug-likeness (QED) is 0.642. The number of nitrogens with zero attached hydrogens (tertiary/aromatic N) is 4. The third-order valence-electron chi connectivity index (χ3n) is 5.16. The second kappa shape index (κ2) is 8.05. The molecule has 28 heavy (non-hydrogen) atoms. The number of carbonyl (C=O) groups is 1. The van der Waals surface area contributed by atoms with E-state index in [4.69, 9.17) is 0 Å². The van der Waals surface area contributed by atoms with Crippen LogP contribution in [0.15, 0.2) is 28.7 Å². The molecule has 1 aliphatic carbocycles. The number of hydrogen-bond acceptors (Lipinski definition) is 6. The van der Waals surface area contributed by atoms with Crippen molar-refractivity contribution < 1.29 is 4.79 Å². The molecule has 0 unspecified atom stereocenters. The zero-order valence-electron chi connectivity index (χ0n) is 16.2. The molecule has 2 aromatic heterocycles. The number of aromatic nitrogens is 4. The molecule has 0 fully saturated rings. The molecule has 6 nitrogen and oxygen atoms in total. The van der Waals surface area contributed by atoms with Crippen LogP contribution in [0.2, 0.25) is 0 Å². The summed E-state index contributed by atoms with van der Waals surface area (Å²) in [5, 5.41) is 16.8. The van der Waals surface area contributed by atoms with Crippen LogP contribution < -0.4 is 5.32 Å². The van der Waals surface area contributed by atoms with Crippen LogP contribution in [0.3, 0.4) is 0 Å². The Morgan fingerprint density at radius 2 is 2.18 bits per heavy atom. The molecule has 1 N–H and O–H groups in total. The number of benzene rings is 1. The first-order chi connectivity index (χ1) is 13.5. The van der Waals surface area contributed by atoms with Gasteiger partial charge < -0.3 is 5.32 Å². The first kappa shape index (κ1) is 19.1. The minimum absolute atomic E-state index is 0.0203. The van der Waals surface area contributed by atoms with Gasteiger partial charge in [0.15, 0.2) is 4.34 Å². The SMILES string of the molecule is Cc1nnc(SCC(=O)N[C@H]2CCCc3c2cnn3-c2cccc(C)c2C)s1. The standard InChI is InChI=1S/C20H23N5OS2/c1-12-6-4-8-17(13(12)2)25-18-9-5-7-16(15(18)10-21-25)22-19(26)11-27-20-24-23-14(3)28-20/h4,6,8,10,16H,5,7,9,11H2,1-3H3,(H,22,26)/t16-/m0/s1. The van der Waals surface area contributed by atoms with Crippen molar-refractivity contribution in [3.05, 3.63) is 51.8 Å². The number of hydrogen-bond donors (Lipinski definition) is 1. The van der Waals surface area contributed by atoms with Crippen LogP contribution in [0.4, 0.5) is 0 Å². The lowest BCUT2D eigenvalue weighted by Gasteiger charge is -2.24. The van der Waals surface area contributed by atoms with E-state index >= 15 is 0 Å². The largest absolute Gasteiger partial charge is 0.348 e. The predicted molar refractivity (Wildman–Crippen MR) is 112 cm³/mol. The summed E-state index contributed by atoms with van der Waals surface area (Å²) >= 11 is 2.95. The second-order valence-electron chi connectivity index (χ2n) is 7.07. The van der Waals surface area contributed by atoms with Crippen LogP contribution in [-0.2, 0) is 11.2 Å². The predicted octanol–water partition coefficient (Wildman–Crippen LogP) is 3.93. The highest BCUT2D eigenvalue weighted by atomic mass is 32.2. The molecule has 0 spiro atoms. The molecule has 0 saturated heterocycles. The van der Waals surface area contributed by atoms with Crippen LogP contribution in [0.1, 0.15) is 46.3 Å². The Hall–Kier alpha value is -2.19. The van der Waals surface area contributed by atoms with Gasteiger partial charge in [-0.25, -0.2) is 4.68 Å². The normalized spacial score (nSPS) is 16.0. The molecule has 0 aliphatic heterocycles. The molecule has 4 rings (SSSR count). The van der Waals surface area contributed by atoms with E-state index in [1.807, 2.05) is 13.1 Å². The Balaban J connectivity index is 1.49. The van der Waals surface area contributed by atoms with Gasteiger partial charge in [0.25, 0.3) is 0 Å². The smallest absolute Gasteiger partial charge is 0.230 e. The summed E-state index contributed by atoms with van der Waals surface area (Å²) in [4.78, 5) is 12.5. The van der Waals surface area contributed by atoms with Gasteiger partial charge in [-0.05, 0) is 57.2 Å². The maximum Gasteiger partial charge on any atom is 0.230 e. The fourth-order valence-electron chi connectivity index (χ4n) is 3.58. The first-order valence-corrected chi connectivity index (χ1v) is 11.2. The maximum atomic E-state index is 12.5. The molecule has 8 heteroatoms. The maximum absolute atomic E-state index is 12.5. The highest BCUT2D eigenvalue weighted by Gasteiger charge is 2.26. The molecule has 1 atom stereocenters. The molecule has 146 valence electrons. The van der Waals surface area contributed by atoms with E-state index in [9.17, 15) is 4.79 Å². The monoisotopic (exact) mass is 413 g/mol. The number of amides is 1. The van der Waals surface area contributed by atoms with E-state index in [1.165, 1.54) is 39.9 Å². The Kier molecular flexibility index (Phi) is 5.50. The zero-order chi connectivity index (χ0) is 19.7. The first-order valence-electron chi connectivity index (χ1n) is 9.38. The summed E-state index contributed by atoms with van der Waals surface area (Å²) in [6.45, 7) is 6.17. The van der Waals surface area contributed by atoms with Gasteiger partial charge >= 0.3 is 0 Å². The van der Waals surface area contributed by atoms with Crippen molar-refractivity contribution in [3.8, 4) is 5.69 Å². The van der Waals surface area contributed by atoms with Crippen molar-refractivity contribution in [2.24, 2.45) is 0 Å². The Morgan fingerprint density at radius 3 is 2.96 bits per heavy atom. The van der Waals surface area contributed by atoms with Crippen molar-refractivity contribution in [3.63, 3.8) is 0 Å². The zero-order valence-corrected chi connectivity index (χ0v) is 17.9. The van der Waals surface area contributed by atoms with Crippen LogP contribution in [0.5, 0.6) is 0 Å². The Labute approximate surface area is 172 Å². The third-order valence-corrected chi connectivity index (χ3v) is 7.13. The molecule has 2 heterocycles. The summed E-state index contributed by atoms with van der Waals surface area (Å²) in [6, 6.07) is 6.32. The summed E-state index contributed by atoms with van der Waals surface area (Å²) < 4.78 is 2.88. The number of carbonyl (C=O) groups excluding carboxylic acids is 1. The van der Waals surface area contributed by atoms with Gasteiger partial charge in [-0.2, -0.15) is 5.10 Å². The average Bonchev–Trinajstić information content (AvgIpc) is 3.29. The average molecular weight is 414 g/mol. The molecule has 1 amide bonds.